The Morgan fingerprint density at radius 1 is 1.48 bits per heavy atom. The molecule has 2 aromatic rings. The Labute approximate surface area is 134 Å². The summed E-state index contributed by atoms with van der Waals surface area (Å²) in [7, 11) is 0. The van der Waals surface area contributed by atoms with Crippen molar-refractivity contribution in [1.82, 2.24) is 4.98 Å². The first-order chi connectivity index (χ1) is 11.1. The van der Waals surface area contributed by atoms with E-state index in [-0.39, 0.29) is 5.97 Å². The number of benzene rings is 1. The number of halogens is 1. The molecule has 1 aliphatic carbocycles. The first-order valence-corrected chi connectivity index (χ1v) is 8.00. The smallest absolute Gasteiger partial charge is 0.318 e. The minimum absolute atomic E-state index is 0.258. The zero-order valence-electron chi connectivity index (χ0n) is 13.3. The van der Waals surface area contributed by atoms with Crippen molar-refractivity contribution < 1.29 is 13.9 Å². The Balaban J connectivity index is 2.26. The Morgan fingerprint density at radius 3 is 2.91 bits per heavy atom. The molecule has 0 amide bonds. The highest BCUT2D eigenvalue weighted by molar-refractivity contribution is 5.95. The summed E-state index contributed by atoms with van der Waals surface area (Å²) in [6, 6.07) is 4.91. The zero-order chi connectivity index (χ0) is 16.6. The number of nitrogens with one attached hydrogen (secondary N) is 1. The number of esters is 1. The number of hydrogen-bond donors (Lipinski definition) is 1. The second kappa shape index (κ2) is 5.69. The van der Waals surface area contributed by atoms with Crippen molar-refractivity contribution in [2.24, 2.45) is 0 Å². The van der Waals surface area contributed by atoms with E-state index in [0.29, 0.717) is 42.3 Å². The Kier molecular flexibility index (Phi) is 3.85. The van der Waals surface area contributed by atoms with Gasteiger partial charge < -0.3 is 9.72 Å². The van der Waals surface area contributed by atoms with E-state index < -0.39 is 11.2 Å². The van der Waals surface area contributed by atoms with Gasteiger partial charge in [-0.05, 0) is 43.9 Å². The van der Waals surface area contributed by atoms with E-state index in [0.717, 1.165) is 17.7 Å². The summed E-state index contributed by atoms with van der Waals surface area (Å²) in [5.41, 5.74) is 1.62. The third-order valence-electron chi connectivity index (χ3n) is 4.75. The maximum Gasteiger partial charge on any atom is 0.318 e. The monoisotopic (exact) mass is 314 g/mol. The fraction of sp³-hybridized carbons (Fsp3) is 0.444. The molecule has 0 spiro atoms. The maximum absolute atomic E-state index is 14.2. The topological polar surface area (TPSA) is 65.9 Å². The molecule has 1 unspecified atom stereocenters. The SMILES string of the molecule is CCCC1(C(=O)OCC)CCc2c1[nH]c1c(F)ccc(C#N)c21. The van der Waals surface area contributed by atoms with Crippen LogP contribution in [-0.2, 0) is 21.4 Å². The van der Waals surface area contributed by atoms with E-state index in [9.17, 15) is 14.4 Å². The average molecular weight is 314 g/mol. The fourth-order valence-electron chi connectivity index (χ4n) is 3.81. The Bertz CT molecular complexity index is 819. The molecule has 1 N–H and O–H groups in total. The van der Waals surface area contributed by atoms with Gasteiger partial charge in [0.25, 0.3) is 0 Å². The van der Waals surface area contributed by atoms with Crippen LogP contribution in [0.3, 0.4) is 0 Å². The van der Waals surface area contributed by atoms with E-state index in [1.165, 1.54) is 12.1 Å². The molecule has 1 aliphatic rings. The molecule has 0 aliphatic heterocycles. The van der Waals surface area contributed by atoms with Gasteiger partial charge in [0.2, 0.25) is 0 Å². The normalized spacial score (nSPS) is 19.6. The van der Waals surface area contributed by atoms with E-state index in [2.05, 4.69) is 11.1 Å². The predicted molar refractivity (Wildman–Crippen MR) is 84.5 cm³/mol. The van der Waals surface area contributed by atoms with Gasteiger partial charge in [-0.25, -0.2) is 4.39 Å². The molecule has 0 saturated carbocycles. The number of aromatic amines is 1. The van der Waals surface area contributed by atoms with Crippen LogP contribution in [0.5, 0.6) is 0 Å². The van der Waals surface area contributed by atoms with Crippen molar-refractivity contribution in [3.63, 3.8) is 0 Å². The number of rotatable bonds is 4. The molecule has 1 heterocycles. The van der Waals surface area contributed by atoms with Gasteiger partial charge in [-0.15, -0.1) is 0 Å². The van der Waals surface area contributed by atoms with Gasteiger partial charge in [0, 0.05) is 11.1 Å². The number of aromatic nitrogens is 1. The molecule has 5 heteroatoms. The Morgan fingerprint density at radius 2 is 2.26 bits per heavy atom. The van der Waals surface area contributed by atoms with Gasteiger partial charge >= 0.3 is 5.97 Å². The van der Waals surface area contributed by atoms with Gasteiger partial charge in [-0.2, -0.15) is 5.26 Å². The molecule has 4 nitrogen and oxygen atoms in total. The fourth-order valence-corrected chi connectivity index (χ4v) is 3.81. The van der Waals surface area contributed by atoms with Gasteiger partial charge in [-0.1, -0.05) is 13.3 Å². The molecule has 3 rings (SSSR count). The molecule has 120 valence electrons. The molecule has 1 atom stereocenters. The van der Waals surface area contributed by atoms with E-state index in [1.54, 1.807) is 6.92 Å². The predicted octanol–water partition coefficient (Wildman–Crippen LogP) is 3.73. The molecular weight excluding hydrogens is 295 g/mol. The maximum atomic E-state index is 14.2. The van der Waals surface area contributed by atoms with Gasteiger partial charge in [-0.3, -0.25) is 4.79 Å². The number of aryl methyl sites for hydroxylation is 1. The highest BCUT2D eigenvalue weighted by Crippen LogP contribution is 2.46. The molecular formula is C18H19FN2O2. The molecule has 0 saturated heterocycles. The summed E-state index contributed by atoms with van der Waals surface area (Å²) in [5, 5.41) is 9.94. The van der Waals surface area contributed by atoms with Crippen LogP contribution in [0.4, 0.5) is 4.39 Å². The lowest BCUT2D eigenvalue weighted by Gasteiger charge is -2.26. The van der Waals surface area contributed by atoms with Crippen molar-refractivity contribution in [2.75, 3.05) is 6.61 Å². The van der Waals surface area contributed by atoms with E-state index in [1.807, 2.05) is 6.92 Å². The third-order valence-corrected chi connectivity index (χ3v) is 4.75. The van der Waals surface area contributed by atoms with Crippen LogP contribution >= 0.6 is 0 Å². The second-order valence-corrected chi connectivity index (χ2v) is 5.99. The number of H-pyrrole nitrogens is 1. The second-order valence-electron chi connectivity index (χ2n) is 5.99. The molecule has 0 fully saturated rings. The standard InChI is InChI=1S/C18H19FN2O2/c1-3-8-18(17(22)23-4-2)9-7-12-14-11(10-20)5-6-13(19)15(14)21-16(12)18/h5-6,21H,3-4,7-9H2,1-2H3. The average Bonchev–Trinajstić information content (AvgIpc) is 3.08. The minimum atomic E-state index is -0.752. The number of hydrogen-bond acceptors (Lipinski definition) is 3. The number of carbonyl (C=O) groups is 1. The van der Waals surface area contributed by atoms with Crippen molar-refractivity contribution in [3.05, 3.63) is 34.8 Å². The molecule has 1 aromatic carbocycles. The first-order valence-electron chi connectivity index (χ1n) is 8.00. The van der Waals surface area contributed by atoms with Crippen LogP contribution in [0, 0.1) is 17.1 Å². The summed E-state index contributed by atoms with van der Waals surface area (Å²) >= 11 is 0. The van der Waals surface area contributed by atoms with Gasteiger partial charge in [0.15, 0.2) is 0 Å². The number of nitriles is 1. The summed E-state index contributed by atoms with van der Waals surface area (Å²) in [6.07, 6.45) is 2.75. The lowest BCUT2D eigenvalue weighted by atomic mass is 9.81. The van der Waals surface area contributed by atoms with Crippen LogP contribution < -0.4 is 0 Å². The van der Waals surface area contributed by atoms with Gasteiger partial charge in [0.1, 0.15) is 11.2 Å². The van der Waals surface area contributed by atoms with Crippen molar-refractivity contribution >= 4 is 16.9 Å². The molecule has 0 radical (unpaired) electrons. The van der Waals surface area contributed by atoms with Crippen LogP contribution in [0.15, 0.2) is 12.1 Å². The summed E-state index contributed by atoms with van der Waals surface area (Å²) < 4.78 is 19.5. The summed E-state index contributed by atoms with van der Waals surface area (Å²) in [5.74, 6) is -0.659. The summed E-state index contributed by atoms with van der Waals surface area (Å²) in [6.45, 7) is 4.12. The first kappa shape index (κ1) is 15.5. The molecule has 23 heavy (non-hydrogen) atoms. The zero-order valence-corrected chi connectivity index (χ0v) is 13.3. The minimum Gasteiger partial charge on any atom is -0.465 e. The number of fused-ring (bicyclic) bond motifs is 3. The van der Waals surface area contributed by atoms with E-state index >= 15 is 0 Å². The lowest BCUT2D eigenvalue weighted by Crippen LogP contribution is -2.35. The quantitative estimate of drug-likeness (QED) is 0.875. The Hall–Kier alpha value is -2.35. The van der Waals surface area contributed by atoms with Crippen LogP contribution in [-0.4, -0.2) is 17.6 Å². The summed E-state index contributed by atoms with van der Waals surface area (Å²) in [4.78, 5) is 15.7. The number of carbonyl (C=O) groups excluding carboxylic acids is 1. The van der Waals surface area contributed by atoms with Crippen LogP contribution in [0.25, 0.3) is 10.9 Å². The molecule has 1 aromatic heterocycles. The van der Waals surface area contributed by atoms with Crippen molar-refractivity contribution in [3.8, 4) is 6.07 Å². The number of nitrogens with zero attached hydrogens (tertiary/aromatic N) is 1. The molecule has 0 bridgehead atoms. The highest BCUT2D eigenvalue weighted by atomic mass is 19.1. The largest absolute Gasteiger partial charge is 0.465 e. The highest BCUT2D eigenvalue weighted by Gasteiger charge is 2.48. The van der Waals surface area contributed by atoms with Crippen molar-refractivity contribution in [2.45, 2.75) is 44.9 Å². The third kappa shape index (κ3) is 2.13. The van der Waals surface area contributed by atoms with Crippen LogP contribution in [0.2, 0.25) is 0 Å². The van der Waals surface area contributed by atoms with E-state index in [4.69, 9.17) is 4.74 Å². The van der Waals surface area contributed by atoms with Crippen LogP contribution in [0.1, 0.15) is 49.9 Å². The van der Waals surface area contributed by atoms with Crippen molar-refractivity contribution in [1.29, 1.82) is 5.26 Å². The van der Waals surface area contributed by atoms with Gasteiger partial charge in [0.05, 0.1) is 23.8 Å². The lowest BCUT2D eigenvalue weighted by molar-refractivity contribution is -0.150. The number of ether oxygens (including phenoxy) is 1.